The van der Waals surface area contributed by atoms with Crippen molar-refractivity contribution >= 4 is 11.8 Å². The fourth-order valence-corrected chi connectivity index (χ4v) is 1.51. The molecule has 2 amide bonds. The Morgan fingerprint density at radius 3 is 2.58 bits per heavy atom. The first-order valence-electron chi connectivity index (χ1n) is 6.49. The lowest BCUT2D eigenvalue weighted by atomic mass is 10.1. The van der Waals surface area contributed by atoms with Crippen molar-refractivity contribution in [2.75, 3.05) is 6.54 Å². The first-order chi connectivity index (χ1) is 8.85. The molecule has 0 atom stereocenters. The molecule has 0 aliphatic heterocycles. The first kappa shape index (κ1) is 15.2. The van der Waals surface area contributed by atoms with E-state index in [0.29, 0.717) is 6.54 Å². The maximum Gasteiger partial charge on any atom is 0.272 e. The maximum atomic E-state index is 12.0. The number of unbranched alkanes of at least 4 members (excludes halogenated alkanes) is 1. The molecule has 0 saturated heterocycles. The first-order valence-corrected chi connectivity index (χ1v) is 6.49. The summed E-state index contributed by atoms with van der Waals surface area (Å²) in [6.07, 6.45) is 3.26. The van der Waals surface area contributed by atoms with E-state index >= 15 is 0 Å². The van der Waals surface area contributed by atoms with Crippen LogP contribution in [0.1, 0.15) is 61.5 Å². The number of amides is 2. The second-order valence-electron chi connectivity index (χ2n) is 5.44. The predicted octanol–water partition coefficient (Wildman–Crippen LogP) is 1.47. The standard InChI is InChI=1S/C13H22N4O2/c1-5-6-7-14-11(18)9-10(16-8-15-9)12(19)17-13(2,3)4/h8H,5-7H2,1-4H3,(H,14,18)(H,15,16)(H,17,19). The number of rotatable bonds is 5. The van der Waals surface area contributed by atoms with Crippen molar-refractivity contribution in [3.63, 3.8) is 0 Å². The van der Waals surface area contributed by atoms with Crippen LogP contribution in [-0.2, 0) is 0 Å². The van der Waals surface area contributed by atoms with Crippen molar-refractivity contribution in [3.05, 3.63) is 17.7 Å². The van der Waals surface area contributed by atoms with Gasteiger partial charge in [0, 0.05) is 12.1 Å². The van der Waals surface area contributed by atoms with Crippen LogP contribution in [0.15, 0.2) is 6.33 Å². The fourth-order valence-electron chi connectivity index (χ4n) is 1.51. The third kappa shape index (κ3) is 4.73. The normalized spacial score (nSPS) is 11.2. The summed E-state index contributed by atoms with van der Waals surface area (Å²) in [4.78, 5) is 30.5. The van der Waals surface area contributed by atoms with E-state index in [0.717, 1.165) is 12.8 Å². The predicted molar refractivity (Wildman–Crippen MR) is 73.0 cm³/mol. The van der Waals surface area contributed by atoms with E-state index in [2.05, 4.69) is 20.6 Å². The zero-order valence-corrected chi connectivity index (χ0v) is 12.0. The van der Waals surface area contributed by atoms with E-state index in [1.54, 1.807) is 0 Å². The quantitative estimate of drug-likeness (QED) is 0.705. The molecule has 1 aromatic rings. The summed E-state index contributed by atoms with van der Waals surface area (Å²) in [7, 11) is 0. The monoisotopic (exact) mass is 266 g/mol. The minimum absolute atomic E-state index is 0.129. The zero-order chi connectivity index (χ0) is 14.5. The number of aromatic amines is 1. The van der Waals surface area contributed by atoms with Crippen molar-refractivity contribution in [1.82, 2.24) is 20.6 Å². The van der Waals surface area contributed by atoms with Gasteiger partial charge in [0.05, 0.1) is 6.33 Å². The molecular formula is C13H22N4O2. The van der Waals surface area contributed by atoms with Crippen LogP contribution in [0, 0.1) is 0 Å². The number of carbonyl (C=O) groups excluding carboxylic acids is 2. The maximum absolute atomic E-state index is 12.0. The molecule has 19 heavy (non-hydrogen) atoms. The van der Waals surface area contributed by atoms with Crippen LogP contribution in [0.5, 0.6) is 0 Å². The number of hydrogen-bond donors (Lipinski definition) is 3. The van der Waals surface area contributed by atoms with Crippen molar-refractivity contribution in [3.8, 4) is 0 Å². The lowest BCUT2D eigenvalue weighted by Gasteiger charge is -2.19. The van der Waals surface area contributed by atoms with Crippen LogP contribution in [0.4, 0.5) is 0 Å². The van der Waals surface area contributed by atoms with Crippen LogP contribution in [0.3, 0.4) is 0 Å². The van der Waals surface area contributed by atoms with Gasteiger partial charge in [-0.25, -0.2) is 4.98 Å². The summed E-state index contributed by atoms with van der Waals surface area (Å²) in [5.74, 6) is -0.653. The van der Waals surface area contributed by atoms with Gasteiger partial charge in [-0.2, -0.15) is 0 Å². The molecule has 0 aromatic carbocycles. The van der Waals surface area contributed by atoms with Gasteiger partial charge in [-0.15, -0.1) is 0 Å². The van der Waals surface area contributed by atoms with E-state index in [-0.39, 0.29) is 28.7 Å². The number of imidazole rings is 1. The number of aromatic nitrogens is 2. The Morgan fingerprint density at radius 2 is 2.00 bits per heavy atom. The lowest BCUT2D eigenvalue weighted by Crippen LogP contribution is -2.41. The number of carbonyl (C=O) groups is 2. The third-order valence-electron chi connectivity index (χ3n) is 2.39. The molecule has 0 fully saturated rings. The minimum atomic E-state index is -0.369. The highest BCUT2D eigenvalue weighted by Gasteiger charge is 2.23. The van der Waals surface area contributed by atoms with Gasteiger partial charge in [-0.05, 0) is 27.2 Å². The molecule has 0 radical (unpaired) electrons. The van der Waals surface area contributed by atoms with Gasteiger partial charge < -0.3 is 15.6 Å². The molecule has 1 aromatic heterocycles. The third-order valence-corrected chi connectivity index (χ3v) is 2.39. The number of H-pyrrole nitrogens is 1. The van der Waals surface area contributed by atoms with Crippen LogP contribution >= 0.6 is 0 Å². The van der Waals surface area contributed by atoms with E-state index in [9.17, 15) is 9.59 Å². The highest BCUT2D eigenvalue weighted by atomic mass is 16.2. The molecule has 1 heterocycles. The molecule has 0 bridgehead atoms. The zero-order valence-electron chi connectivity index (χ0n) is 12.0. The molecule has 106 valence electrons. The SMILES string of the molecule is CCCCNC(=O)c1[nH]cnc1C(=O)NC(C)(C)C. The summed E-state index contributed by atoms with van der Waals surface area (Å²) >= 11 is 0. The van der Waals surface area contributed by atoms with E-state index in [1.165, 1.54) is 6.33 Å². The topological polar surface area (TPSA) is 86.9 Å². The molecule has 0 unspecified atom stereocenters. The molecule has 0 aliphatic rings. The Morgan fingerprint density at radius 1 is 1.32 bits per heavy atom. The molecule has 0 spiro atoms. The highest BCUT2D eigenvalue weighted by Crippen LogP contribution is 2.06. The Hall–Kier alpha value is -1.85. The molecule has 6 heteroatoms. The summed E-state index contributed by atoms with van der Waals surface area (Å²) in [5, 5.41) is 5.54. The van der Waals surface area contributed by atoms with Crippen LogP contribution < -0.4 is 10.6 Å². The van der Waals surface area contributed by atoms with E-state index in [1.807, 2.05) is 27.7 Å². The summed E-state index contributed by atoms with van der Waals surface area (Å²) in [5.41, 5.74) is -0.0341. The molecule has 3 N–H and O–H groups in total. The van der Waals surface area contributed by atoms with Crippen molar-refractivity contribution in [2.45, 2.75) is 46.1 Å². The molecule has 6 nitrogen and oxygen atoms in total. The second-order valence-corrected chi connectivity index (χ2v) is 5.44. The number of nitrogens with zero attached hydrogens (tertiary/aromatic N) is 1. The second kappa shape index (κ2) is 6.36. The average Bonchev–Trinajstić information content (AvgIpc) is 2.75. The fraction of sp³-hybridized carbons (Fsp3) is 0.615. The summed E-state index contributed by atoms with van der Waals surface area (Å²) in [6.45, 7) is 8.26. The van der Waals surface area contributed by atoms with Gasteiger partial charge >= 0.3 is 0 Å². The smallest absolute Gasteiger partial charge is 0.272 e. The Kier molecular flexibility index (Phi) is 5.09. The van der Waals surface area contributed by atoms with Gasteiger partial charge in [0.1, 0.15) is 5.69 Å². The molecular weight excluding hydrogens is 244 g/mol. The van der Waals surface area contributed by atoms with Gasteiger partial charge in [-0.3, -0.25) is 9.59 Å². The van der Waals surface area contributed by atoms with E-state index < -0.39 is 0 Å². The van der Waals surface area contributed by atoms with Crippen molar-refractivity contribution in [2.24, 2.45) is 0 Å². The molecule has 0 saturated carbocycles. The van der Waals surface area contributed by atoms with Gasteiger partial charge in [0.25, 0.3) is 11.8 Å². The average molecular weight is 266 g/mol. The van der Waals surface area contributed by atoms with Gasteiger partial charge in [0.2, 0.25) is 0 Å². The van der Waals surface area contributed by atoms with Crippen LogP contribution in [0.25, 0.3) is 0 Å². The summed E-state index contributed by atoms with van der Waals surface area (Å²) in [6, 6.07) is 0. The largest absolute Gasteiger partial charge is 0.351 e. The van der Waals surface area contributed by atoms with E-state index in [4.69, 9.17) is 0 Å². The van der Waals surface area contributed by atoms with Crippen molar-refractivity contribution < 1.29 is 9.59 Å². The highest BCUT2D eigenvalue weighted by molar-refractivity contribution is 6.04. The van der Waals surface area contributed by atoms with Gasteiger partial charge in [-0.1, -0.05) is 13.3 Å². The van der Waals surface area contributed by atoms with Gasteiger partial charge in [0.15, 0.2) is 5.69 Å². The lowest BCUT2D eigenvalue weighted by molar-refractivity contribution is 0.0892. The van der Waals surface area contributed by atoms with Crippen LogP contribution in [0.2, 0.25) is 0 Å². The minimum Gasteiger partial charge on any atom is -0.351 e. The number of nitrogens with one attached hydrogen (secondary N) is 3. The molecule has 1 rings (SSSR count). The number of hydrogen-bond acceptors (Lipinski definition) is 3. The van der Waals surface area contributed by atoms with Crippen molar-refractivity contribution in [1.29, 1.82) is 0 Å². The molecule has 0 aliphatic carbocycles. The Bertz CT molecular complexity index is 446. The Balaban J connectivity index is 2.74. The Labute approximate surface area is 113 Å². The van der Waals surface area contributed by atoms with Crippen LogP contribution in [-0.4, -0.2) is 33.9 Å². The summed E-state index contributed by atoms with van der Waals surface area (Å²) < 4.78 is 0.